The summed E-state index contributed by atoms with van der Waals surface area (Å²) in [5.41, 5.74) is 10.4. The van der Waals surface area contributed by atoms with Crippen LogP contribution in [0.2, 0.25) is 0 Å². The van der Waals surface area contributed by atoms with Gasteiger partial charge in [0.1, 0.15) is 11.5 Å². The molecule has 0 amide bonds. The summed E-state index contributed by atoms with van der Waals surface area (Å²) in [6.45, 7) is 4.14. The summed E-state index contributed by atoms with van der Waals surface area (Å²) in [5, 5.41) is 0. The van der Waals surface area contributed by atoms with Crippen molar-refractivity contribution in [2.24, 2.45) is 7.05 Å². The van der Waals surface area contributed by atoms with Crippen molar-refractivity contribution in [1.29, 1.82) is 0 Å². The number of anilines is 1. The quantitative estimate of drug-likeness (QED) is 0.769. The molecule has 0 aliphatic carbocycles. The third-order valence-electron chi connectivity index (χ3n) is 2.63. The highest BCUT2D eigenvalue weighted by Crippen LogP contribution is 2.27. The van der Waals surface area contributed by atoms with Gasteiger partial charge in [-0.2, -0.15) is 0 Å². The number of aryl methyl sites for hydroxylation is 3. The number of nitrogens with two attached hydrogens (primary N) is 1. The number of rotatable bonds is 1. The van der Waals surface area contributed by atoms with E-state index in [4.69, 9.17) is 5.73 Å². The molecule has 2 aromatic rings. The zero-order valence-corrected chi connectivity index (χ0v) is 9.28. The molecule has 0 saturated heterocycles. The molecular formula is C12H15N3. The minimum atomic E-state index is 0.712. The number of aromatic nitrogens is 2. The average molecular weight is 201 g/mol. The monoisotopic (exact) mass is 201 g/mol. The van der Waals surface area contributed by atoms with E-state index in [0.29, 0.717) is 5.82 Å². The van der Waals surface area contributed by atoms with Gasteiger partial charge in [0.05, 0.1) is 6.33 Å². The first-order valence-corrected chi connectivity index (χ1v) is 4.94. The van der Waals surface area contributed by atoms with E-state index in [9.17, 15) is 0 Å². The Kier molecular flexibility index (Phi) is 2.23. The molecule has 0 aliphatic heterocycles. The van der Waals surface area contributed by atoms with E-state index in [1.165, 1.54) is 11.1 Å². The second-order valence-corrected chi connectivity index (χ2v) is 3.91. The fourth-order valence-electron chi connectivity index (χ4n) is 1.64. The molecule has 3 nitrogen and oxygen atoms in total. The van der Waals surface area contributed by atoms with E-state index in [0.717, 1.165) is 11.3 Å². The minimum absolute atomic E-state index is 0.712. The lowest BCUT2D eigenvalue weighted by molar-refractivity contribution is 0.925. The molecule has 1 heterocycles. The van der Waals surface area contributed by atoms with Gasteiger partial charge in [-0.1, -0.05) is 17.7 Å². The van der Waals surface area contributed by atoms with E-state index in [1.54, 1.807) is 6.33 Å². The Bertz CT molecular complexity index is 498. The molecular weight excluding hydrogens is 186 g/mol. The topological polar surface area (TPSA) is 43.8 Å². The molecule has 2 N–H and O–H groups in total. The maximum Gasteiger partial charge on any atom is 0.131 e. The lowest BCUT2D eigenvalue weighted by Crippen LogP contribution is -1.96. The SMILES string of the molecule is Cc1ccc(C)c(-c2ncn(C)c2N)c1. The molecule has 3 heteroatoms. The van der Waals surface area contributed by atoms with Crippen molar-refractivity contribution in [3.8, 4) is 11.3 Å². The van der Waals surface area contributed by atoms with Crippen LogP contribution in [0.15, 0.2) is 24.5 Å². The Balaban J connectivity index is 2.63. The van der Waals surface area contributed by atoms with Gasteiger partial charge in [0, 0.05) is 12.6 Å². The van der Waals surface area contributed by atoms with Gasteiger partial charge in [-0.3, -0.25) is 0 Å². The molecule has 0 spiro atoms. The Labute approximate surface area is 89.6 Å². The van der Waals surface area contributed by atoms with Crippen LogP contribution >= 0.6 is 0 Å². The summed E-state index contributed by atoms with van der Waals surface area (Å²) in [4.78, 5) is 4.33. The average Bonchev–Trinajstić information content (AvgIpc) is 2.52. The number of nitrogen functional groups attached to an aromatic ring is 1. The van der Waals surface area contributed by atoms with Crippen molar-refractivity contribution < 1.29 is 0 Å². The van der Waals surface area contributed by atoms with Crippen molar-refractivity contribution in [3.63, 3.8) is 0 Å². The molecule has 0 unspecified atom stereocenters. The first-order chi connectivity index (χ1) is 7.09. The highest BCUT2D eigenvalue weighted by Gasteiger charge is 2.10. The van der Waals surface area contributed by atoms with Gasteiger partial charge in [0.25, 0.3) is 0 Å². The van der Waals surface area contributed by atoms with E-state index in [2.05, 4.69) is 37.0 Å². The Morgan fingerprint density at radius 2 is 2.00 bits per heavy atom. The van der Waals surface area contributed by atoms with Crippen LogP contribution in [0.4, 0.5) is 5.82 Å². The van der Waals surface area contributed by atoms with Crippen LogP contribution in [-0.2, 0) is 7.05 Å². The van der Waals surface area contributed by atoms with Gasteiger partial charge in [0.15, 0.2) is 0 Å². The molecule has 0 saturated carbocycles. The Hall–Kier alpha value is -1.77. The summed E-state index contributed by atoms with van der Waals surface area (Å²) in [5.74, 6) is 0.712. The summed E-state index contributed by atoms with van der Waals surface area (Å²) in [6.07, 6.45) is 1.74. The molecule has 0 atom stereocenters. The van der Waals surface area contributed by atoms with E-state index in [-0.39, 0.29) is 0 Å². The summed E-state index contributed by atoms with van der Waals surface area (Å²) < 4.78 is 1.83. The summed E-state index contributed by atoms with van der Waals surface area (Å²) in [6, 6.07) is 6.31. The van der Waals surface area contributed by atoms with Gasteiger partial charge < -0.3 is 10.3 Å². The molecule has 0 radical (unpaired) electrons. The Morgan fingerprint density at radius 3 is 2.60 bits per heavy atom. The molecule has 0 fully saturated rings. The van der Waals surface area contributed by atoms with E-state index >= 15 is 0 Å². The van der Waals surface area contributed by atoms with Crippen LogP contribution in [-0.4, -0.2) is 9.55 Å². The largest absolute Gasteiger partial charge is 0.383 e. The van der Waals surface area contributed by atoms with Crippen molar-refractivity contribution in [1.82, 2.24) is 9.55 Å². The lowest BCUT2D eigenvalue weighted by atomic mass is 10.0. The van der Waals surface area contributed by atoms with Gasteiger partial charge in [-0.15, -0.1) is 0 Å². The predicted molar refractivity (Wildman–Crippen MR) is 62.5 cm³/mol. The highest BCUT2D eigenvalue weighted by atomic mass is 15.1. The Morgan fingerprint density at radius 1 is 1.27 bits per heavy atom. The maximum absolute atomic E-state index is 5.95. The van der Waals surface area contributed by atoms with Crippen LogP contribution in [0.3, 0.4) is 0 Å². The first-order valence-electron chi connectivity index (χ1n) is 4.94. The number of hydrogen-bond donors (Lipinski definition) is 1. The normalized spacial score (nSPS) is 10.6. The smallest absolute Gasteiger partial charge is 0.131 e. The number of imidazole rings is 1. The minimum Gasteiger partial charge on any atom is -0.383 e. The molecule has 1 aromatic heterocycles. The third-order valence-corrected chi connectivity index (χ3v) is 2.63. The van der Waals surface area contributed by atoms with Crippen LogP contribution in [0.25, 0.3) is 11.3 Å². The second-order valence-electron chi connectivity index (χ2n) is 3.91. The van der Waals surface area contributed by atoms with Gasteiger partial charge in [-0.05, 0) is 25.5 Å². The zero-order valence-electron chi connectivity index (χ0n) is 9.28. The summed E-state index contributed by atoms with van der Waals surface area (Å²) >= 11 is 0. The van der Waals surface area contributed by atoms with Gasteiger partial charge in [-0.25, -0.2) is 4.98 Å². The van der Waals surface area contributed by atoms with Crippen LogP contribution in [0, 0.1) is 13.8 Å². The first kappa shape index (κ1) is 9.77. The lowest BCUT2D eigenvalue weighted by Gasteiger charge is -2.05. The number of nitrogens with zero attached hydrogens (tertiary/aromatic N) is 2. The van der Waals surface area contributed by atoms with Crippen LogP contribution in [0.5, 0.6) is 0 Å². The maximum atomic E-state index is 5.95. The van der Waals surface area contributed by atoms with Crippen LogP contribution < -0.4 is 5.73 Å². The third kappa shape index (κ3) is 1.61. The molecule has 15 heavy (non-hydrogen) atoms. The number of benzene rings is 1. The van der Waals surface area contributed by atoms with Crippen molar-refractivity contribution in [3.05, 3.63) is 35.7 Å². The molecule has 0 bridgehead atoms. The van der Waals surface area contributed by atoms with Crippen molar-refractivity contribution in [2.45, 2.75) is 13.8 Å². The van der Waals surface area contributed by atoms with E-state index < -0.39 is 0 Å². The fraction of sp³-hybridized carbons (Fsp3) is 0.250. The predicted octanol–water partition coefficient (Wildman–Crippen LogP) is 2.29. The highest BCUT2D eigenvalue weighted by molar-refractivity contribution is 5.73. The van der Waals surface area contributed by atoms with Crippen molar-refractivity contribution in [2.75, 3.05) is 5.73 Å². The molecule has 2 rings (SSSR count). The molecule has 0 aliphatic rings. The molecule has 1 aromatic carbocycles. The van der Waals surface area contributed by atoms with Gasteiger partial charge >= 0.3 is 0 Å². The van der Waals surface area contributed by atoms with Gasteiger partial charge in [0.2, 0.25) is 0 Å². The van der Waals surface area contributed by atoms with Crippen LogP contribution in [0.1, 0.15) is 11.1 Å². The zero-order chi connectivity index (χ0) is 11.0. The fourth-order valence-corrected chi connectivity index (χ4v) is 1.64. The van der Waals surface area contributed by atoms with E-state index in [1.807, 2.05) is 11.6 Å². The summed E-state index contributed by atoms with van der Waals surface area (Å²) in [7, 11) is 1.90. The second kappa shape index (κ2) is 3.42. The van der Waals surface area contributed by atoms with Crippen molar-refractivity contribution >= 4 is 5.82 Å². The standard InChI is InChI=1S/C12H15N3/c1-8-4-5-9(2)10(6-8)11-12(13)15(3)7-14-11/h4-7H,13H2,1-3H3. The molecule has 78 valence electrons. The number of hydrogen-bond acceptors (Lipinski definition) is 2.